The molecule has 25 heavy (non-hydrogen) atoms. The zero-order valence-corrected chi connectivity index (χ0v) is 14.5. The molecule has 1 saturated heterocycles. The molecule has 1 unspecified atom stereocenters. The van der Waals surface area contributed by atoms with Crippen LogP contribution in [-0.4, -0.2) is 41.1 Å². The number of anilines is 1. The average molecular weight is 349 g/mol. The molecule has 1 aromatic carbocycles. The first kappa shape index (κ1) is 17.7. The van der Waals surface area contributed by atoms with Crippen molar-refractivity contribution in [2.45, 2.75) is 45.2 Å². The van der Waals surface area contributed by atoms with Gasteiger partial charge in [0.1, 0.15) is 5.82 Å². The Morgan fingerprint density at radius 2 is 2.12 bits per heavy atom. The fourth-order valence-electron chi connectivity index (χ4n) is 3.79. The number of rotatable bonds is 3. The van der Waals surface area contributed by atoms with Gasteiger partial charge in [0, 0.05) is 13.1 Å². The number of fused-ring (bicyclic) bond motifs is 1. The van der Waals surface area contributed by atoms with Crippen LogP contribution < -0.4 is 10.6 Å². The molecule has 0 radical (unpaired) electrons. The molecule has 2 atom stereocenters. The molecule has 0 aliphatic carbocycles. The van der Waals surface area contributed by atoms with E-state index in [2.05, 4.69) is 0 Å². The molecule has 1 aromatic rings. The molecule has 136 valence electrons. The monoisotopic (exact) mass is 349 g/mol. The fourth-order valence-corrected chi connectivity index (χ4v) is 3.79. The summed E-state index contributed by atoms with van der Waals surface area (Å²) in [4.78, 5) is 26.5. The SMILES string of the molecule is CC(C)CC1c2cc(F)c(N3CC[C@H](N)C3=O)cc2CCN1C(=O)O. The zero-order chi connectivity index (χ0) is 18.3. The van der Waals surface area contributed by atoms with E-state index in [4.69, 9.17) is 5.73 Å². The first-order chi connectivity index (χ1) is 11.8. The Balaban J connectivity index is 2.00. The van der Waals surface area contributed by atoms with Gasteiger partial charge in [-0.3, -0.25) is 4.79 Å². The number of hydrogen-bond donors (Lipinski definition) is 2. The van der Waals surface area contributed by atoms with Crippen LogP contribution in [-0.2, 0) is 11.2 Å². The van der Waals surface area contributed by atoms with E-state index in [9.17, 15) is 19.1 Å². The van der Waals surface area contributed by atoms with Crippen LogP contribution in [0.15, 0.2) is 12.1 Å². The average Bonchev–Trinajstić information content (AvgIpc) is 2.86. The maximum atomic E-state index is 14.8. The summed E-state index contributed by atoms with van der Waals surface area (Å²) in [5.74, 6) is -0.485. The summed E-state index contributed by atoms with van der Waals surface area (Å²) < 4.78 is 14.8. The van der Waals surface area contributed by atoms with Crippen molar-refractivity contribution in [1.82, 2.24) is 4.90 Å². The van der Waals surface area contributed by atoms with E-state index in [1.807, 2.05) is 13.8 Å². The summed E-state index contributed by atoms with van der Waals surface area (Å²) in [5.41, 5.74) is 7.61. The van der Waals surface area contributed by atoms with Crippen molar-refractivity contribution < 1.29 is 19.1 Å². The molecule has 2 aliphatic rings. The first-order valence-electron chi connectivity index (χ1n) is 8.68. The predicted octanol–water partition coefficient (Wildman–Crippen LogP) is 2.51. The number of carbonyl (C=O) groups is 2. The van der Waals surface area contributed by atoms with Crippen LogP contribution in [0, 0.1) is 11.7 Å². The number of nitrogens with two attached hydrogens (primary N) is 1. The minimum absolute atomic E-state index is 0.253. The van der Waals surface area contributed by atoms with Crippen molar-refractivity contribution in [1.29, 1.82) is 0 Å². The number of nitrogens with zero attached hydrogens (tertiary/aromatic N) is 2. The van der Waals surface area contributed by atoms with Crippen LogP contribution in [0.3, 0.4) is 0 Å². The predicted molar refractivity (Wildman–Crippen MR) is 92.0 cm³/mol. The molecule has 2 amide bonds. The van der Waals surface area contributed by atoms with Crippen LogP contribution in [0.25, 0.3) is 0 Å². The van der Waals surface area contributed by atoms with Crippen LogP contribution in [0.1, 0.15) is 43.9 Å². The van der Waals surface area contributed by atoms with E-state index in [-0.39, 0.29) is 23.6 Å². The highest BCUT2D eigenvalue weighted by molar-refractivity contribution is 5.99. The van der Waals surface area contributed by atoms with Gasteiger partial charge in [-0.1, -0.05) is 13.8 Å². The third kappa shape index (κ3) is 3.20. The lowest BCUT2D eigenvalue weighted by Crippen LogP contribution is -2.40. The Hall–Kier alpha value is -2.15. The van der Waals surface area contributed by atoms with Gasteiger partial charge in [0.15, 0.2) is 0 Å². The third-order valence-corrected chi connectivity index (χ3v) is 5.04. The summed E-state index contributed by atoms with van der Waals surface area (Å²) in [6.07, 6.45) is 0.669. The van der Waals surface area contributed by atoms with Crippen molar-refractivity contribution in [3.05, 3.63) is 29.1 Å². The Morgan fingerprint density at radius 3 is 2.68 bits per heavy atom. The number of carboxylic acid groups (broad SMARTS) is 1. The maximum absolute atomic E-state index is 14.8. The maximum Gasteiger partial charge on any atom is 0.407 e. The lowest BCUT2D eigenvalue weighted by molar-refractivity contribution is -0.118. The molecular weight excluding hydrogens is 325 g/mol. The molecular formula is C18H24FN3O3. The van der Waals surface area contributed by atoms with Crippen molar-refractivity contribution >= 4 is 17.7 Å². The largest absolute Gasteiger partial charge is 0.465 e. The molecule has 0 saturated carbocycles. The lowest BCUT2D eigenvalue weighted by Gasteiger charge is -2.37. The van der Waals surface area contributed by atoms with E-state index in [1.165, 1.54) is 15.9 Å². The molecule has 3 N–H and O–H groups in total. The fraction of sp³-hybridized carbons (Fsp3) is 0.556. The van der Waals surface area contributed by atoms with Crippen molar-refractivity contribution in [2.24, 2.45) is 11.7 Å². The van der Waals surface area contributed by atoms with Gasteiger partial charge in [-0.15, -0.1) is 0 Å². The summed E-state index contributed by atoms with van der Waals surface area (Å²) in [5, 5.41) is 9.47. The second kappa shape index (κ2) is 6.63. The number of hydrogen-bond acceptors (Lipinski definition) is 3. The van der Waals surface area contributed by atoms with E-state index < -0.39 is 18.0 Å². The minimum Gasteiger partial charge on any atom is -0.465 e. The Morgan fingerprint density at radius 1 is 1.40 bits per heavy atom. The van der Waals surface area contributed by atoms with Gasteiger partial charge in [0.05, 0.1) is 17.8 Å². The van der Waals surface area contributed by atoms with Crippen molar-refractivity contribution in [3.63, 3.8) is 0 Å². The van der Waals surface area contributed by atoms with Crippen molar-refractivity contribution in [3.8, 4) is 0 Å². The minimum atomic E-state index is -0.985. The van der Waals surface area contributed by atoms with E-state index >= 15 is 0 Å². The van der Waals surface area contributed by atoms with Gasteiger partial charge in [0.25, 0.3) is 0 Å². The first-order valence-corrected chi connectivity index (χ1v) is 8.68. The quantitative estimate of drug-likeness (QED) is 0.878. The number of benzene rings is 1. The Bertz CT molecular complexity index is 707. The number of amides is 2. The lowest BCUT2D eigenvalue weighted by atomic mass is 9.87. The molecule has 6 nitrogen and oxygen atoms in total. The van der Waals surface area contributed by atoms with Crippen molar-refractivity contribution in [2.75, 3.05) is 18.0 Å². The summed E-state index contributed by atoms with van der Waals surface area (Å²) in [7, 11) is 0. The molecule has 1 fully saturated rings. The molecule has 0 aromatic heterocycles. The molecule has 3 rings (SSSR count). The third-order valence-electron chi connectivity index (χ3n) is 5.04. The smallest absolute Gasteiger partial charge is 0.407 e. The number of halogens is 1. The zero-order valence-electron chi connectivity index (χ0n) is 14.5. The summed E-state index contributed by atoms with van der Waals surface area (Å²) >= 11 is 0. The molecule has 0 spiro atoms. The standard InChI is InChI=1S/C18H24FN3O3/c1-10(2)7-15-12-9-13(19)16(21-6-4-14(20)17(21)23)8-11(12)3-5-22(15)18(24)25/h8-10,14-15H,3-7,20H2,1-2H3,(H,24,25)/t14-,15?/m0/s1. The molecule has 2 heterocycles. The second-order valence-corrected chi connectivity index (χ2v) is 7.26. The number of carbonyl (C=O) groups excluding carboxylic acids is 1. The molecule has 2 aliphatic heterocycles. The van der Waals surface area contributed by atoms with E-state index in [0.29, 0.717) is 37.9 Å². The van der Waals surface area contributed by atoms with Gasteiger partial charge in [-0.2, -0.15) is 0 Å². The van der Waals surface area contributed by atoms with Gasteiger partial charge < -0.3 is 20.6 Å². The van der Waals surface area contributed by atoms with Gasteiger partial charge in [-0.25, -0.2) is 9.18 Å². The Labute approximate surface area is 146 Å². The molecule has 7 heteroatoms. The van der Waals surface area contributed by atoms with E-state index in [0.717, 1.165) is 5.56 Å². The second-order valence-electron chi connectivity index (χ2n) is 7.26. The van der Waals surface area contributed by atoms with Gasteiger partial charge in [0.2, 0.25) is 5.91 Å². The summed E-state index contributed by atoms with van der Waals surface area (Å²) in [6, 6.07) is 2.17. The van der Waals surface area contributed by atoms with Crippen LogP contribution >= 0.6 is 0 Å². The van der Waals surface area contributed by atoms with E-state index in [1.54, 1.807) is 6.07 Å². The van der Waals surface area contributed by atoms with Gasteiger partial charge in [-0.05, 0) is 48.4 Å². The molecule has 0 bridgehead atoms. The van der Waals surface area contributed by atoms with Gasteiger partial charge >= 0.3 is 6.09 Å². The highest BCUT2D eigenvalue weighted by Crippen LogP contribution is 2.38. The van der Waals surface area contributed by atoms with Crippen LogP contribution in [0.5, 0.6) is 0 Å². The van der Waals surface area contributed by atoms with Crippen LogP contribution in [0.4, 0.5) is 14.9 Å². The Kier molecular flexibility index (Phi) is 4.69. The van der Waals surface area contributed by atoms with Crippen LogP contribution in [0.2, 0.25) is 0 Å². The highest BCUT2D eigenvalue weighted by atomic mass is 19.1. The highest BCUT2D eigenvalue weighted by Gasteiger charge is 2.35. The topological polar surface area (TPSA) is 86.9 Å². The normalized spacial score (nSPS) is 23.3. The summed E-state index contributed by atoms with van der Waals surface area (Å²) in [6.45, 7) is 4.82.